The number of hydrogen-bond donors (Lipinski definition) is 0. The summed E-state index contributed by atoms with van der Waals surface area (Å²) in [5, 5.41) is 8.83. The second kappa shape index (κ2) is 3.83. The molecule has 74 valence electrons. The molecule has 0 saturated carbocycles. The fourth-order valence-corrected chi connectivity index (χ4v) is 1.65. The zero-order valence-corrected chi connectivity index (χ0v) is 9.56. The van der Waals surface area contributed by atoms with E-state index in [-0.39, 0.29) is 0 Å². The van der Waals surface area contributed by atoms with Crippen molar-refractivity contribution >= 4 is 15.9 Å². The standard InChI is InChI=1S/C10H7BrN4/c1-15-9(11)8(6-12)14-10(15)7-2-4-13-5-3-7/h2-5H,1H3. The Morgan fingerprint density at radius 1 is 1.40 bits per heavy atom. The summed E-state index contributed by atoms with van der Waals surface area (Å²) in [7, 11) is 1.85. The van der Waals surface area contributed by atoms with Gasteiger partial charge in [-0.3, -0.25) is 4.98 Å². The number of aromatic nitrogens is 3. The van der Waals surface area contributed by atoms with Crippen LogP contribution in [0, 0.1) is 11.3 Å². The van der Waals surface area contributed by atoms with Crippen LogP contribution in [0.3, 0.4) is 0 Å². The zero-order chi connectivity index (χ0) is 10.8. The van der Waals surface area contributed by atoms with E-state index in [0.29, 0.717) is 10.3 Å². The Labute approximate surface area is 95.3 Å². The highest BCUT2D eigenvalue weighted by Crippen LogP contribution is 2.23. The monoisotopic (exact) mass is 262 g/mol. The average molecular weight is 263 g/mol. The van der Waals surface area contributed by atoms with Crippen molar-refractivity contribution in [3.8, 4) is 17.5 Å². The second-order valence-corrected chi connectivity index (χ2v) is 3.73. The van der Waals surface area contributed by atoms with Crippen molar-refractivity contribution in [3.05, 3.63) is 34.8 Å². The molecule has 0 amide bonds. The van der Waals surface area contributed by atoms with E-state index in [0.717, 1.165) is 11.4 Å². The first-order valence-electron chi connectivity index (χ1n) is 4.26. The van der Waals surface area contributed by atoms with Gasteiger partial charge < -0.3 is 4.57 Å². The number of halogens is 1. The third-order valence-corrected chi connectivity index (χ3v) is 2.98. The van der Waals surface area contributed by atoms with Crippen LogP contribution < -0.4 is 0 Å². The molecule has 0 fully saturated rings. The van der Waals surface area contributed by atoms with Gasteiger partial charge in [-0.15, -0.1) is 0 Å². The summed E-state index contributed by atoms with van der Waals surface area (Å²) in [6.45, 7) is 0. The molecule has 2 rings (SSSR count). The molecule has 5 heteroatoms. The van der Waals surface area contributed by atoms with Gasteiger partial charge in [-0.25, -0.2) is 4.98 Å². The first kappa shape index (κ1) is 9.87. The molecule has 0 unspecified atom stereocenters. The third-order valence-electron chi connectivity index (χ3n) is 2.07. The van der Waals surface area contributed by atoms with Crippen LogP contribution in [0.25, 0.3) is 11.4 Å². The summed E-state index contributed by atoms with van der Waals surface area (Å²) >= 11 is 3.32. The molecule has 0 N–H and O–H groups in total. The summed E-state index contributed by atoms with van der Waals surface area (Å²) in [5.41, 5.74) is 1.33. The lowest BCUT2D eigenvalue weighted by Gasteiger charge is -2.00. The van der Waals surface area contributed by atoms with E-state index in [2.05, 4.69) is 25.9 Å². The molecule has 15 heavy (non-hydrogen) atoms. The molecular formula is C10H7BrN4. The normalized spacial score (nSPS) is 9.93. The van der Waals surface area contributed by atoms with E-state index < -0.39 is 0 Å². The summed E-state index contributed by atoms with van der Waals surface area (Å²) in [4.78, 5) is 8.16. The Morgan fingerprint density at radius 3 is 2.60 bits per heavy atom. The minimum absolute atomic E-state index is 0.393. The van der Waals surface area contributed by atoms with Crippen LogP contribution in [-0.2, 0) is 7.05 Å². The molecular weight excluding hydrogens is 256 g/mol. The van der Waals surface area contributed by atoms with Crippen LogP contribution in [0.1, 0.15) is 5.69 Å². The number of nitrogens with zero attached hydrogens (tertiary/aromatic N) is 4. The molecule has 0 bridgehead atoms. The molecule has 0 spiro atoms. The first-order valence-corrected chi connectivity index (χ1v) is 5.06. The van der Waals surface area contributed by atoms with Crippen molar-refractivity contribution < 1.29 is 0 Å². The Balaban J connectivity index is 2.61. The minimum Gasteiger partial charge on any atom is -0.321 e. The van der Waals surface area contributed by atoms with E-state index in [4.69, 9.17) is 5.26 Å². The van der Waals surface area contributed by atoms with E-state index >= 15 is 0 Å². The van der Waals surface area contributed by atoms with Gasteiger partial charge in [-0.05, 0) is 28.1 Å². The smallest absolute Gasteiger partial charge is 0.173 e. The predicted octanol–water partition coefficient (Wildman–Crippen LogP) is 2.12. The lowest BCUT2D eigenvalue weighted by Crippen LogP contribution is -1.92. The van der Waals surface area contributed by atoms with Gasteiger partial charge in [0.2, 0.25) is 0 Å². The van der Waals surface area contributed by atoms with Crippen molar-refractivity contribution in [2.24, 2.45) is 7.05 Å². The van der Waals surface area contributed by atoms with Gasteiger partial charge in [0.25, 0.3) is 0 Å². The van der Waals surface area contributed by atoms with Crippen molar-refractivity contribution in [2.75, 3.05) is 0 Å². The third kappa shape index (κ3) is 1.64. The summed E-state index contributed by atoms with van der Waals surface area (Å²) in [6.07, 6.45) is 3.40. The lowest BCUT2D eigenvalue weighted by atomic mass is 10.2. The minimum atomic E-state index is 0.393. The Kier molecular flexibility index (Phi) is 2.52. The maximum absolute atomic E-state index is 8.83. The van der Waals surface area contributed by atoms with Crippen LogP contribution in [0.4, 0.5) is 0 Å². The Morgan fingerprint density at radius 2 is 2.07 bits per heavy atom. The van der Waals surface area contributed by atoms with Crippen molar-refractivity contribution in [1.29, 1.82) is 5.26 Å². The zero-order valence-electron chi connectivity index (χ0n) is 7.98. The van der Waals surface area contributed by atoms with E-state index in [1.807, 2.05) is 29.8 Å². The van der Waals surface area contributed by atoms with Gasteiger partial charge in [-0.2, -0.15) is 5.26 Å². The predicted molar refractivity (Wildman–Crippen MR) is 58.9 cm³/mol. The molecule has 2 aromatic rings. The van der Waals surface area contributed by atoms with E-state index in [1.165, 1.54) is 0 Å². The highest BCUT2D eigenvalue weighted by atomic mass is 79.9. The molecule has 2 aromatic heterocycles. The Bertz CT molecular complexity index is 524. The highest BCUT2D eigenvalue weighted by molar-refractivity contribution is 9.10. The number of imidazole rings is 1. The van der Waals surface area contributed by atoms with Crippen molar-refractivity contribution in [1.82, 2.24) is 14.5 Å². The summed E-state index contributed by atoms with van der Waals surface area (Å²) < 4.78 is 2.52. The average Bonchev–Trinajstić information content (AvgIpc) is 2.57. The lowest BCUT2D eigenvalue weighted by molar-refractivity contribution is 0.900. The van der Waals surface area contributed by atoms with Gasteiger partial charge in [0.05, 0.1) is 0 Å². The largest absolute Gasteiger partial charge is 0.321 e. The topological polar surface area (TPSA) is 54.5 Å². The molecule has 2 heterocycles. The molecule has 0 aliphatic heterocycles. The number of rotatable bonds is 1. The van der Waals surface area contributed by atoms with Crippen LogP contribution in [0.2, 0.25) is 0 Å². The van der Waals surface area contributed by atoms with E-state index in [1.54, 1.807) is 12.4 Å². The van der Waals surface area contributed by atoms with E-state index in [9.17, 15) is 0 Å². The summed E-state index contributed by atoms with van der Waals surface area (Å²) in [5.74, 6) is 0.751. The molecule has 0 radical (unpaired) electrons. The number of hydrogen-bond acceptors (Lipinski definition) is 3. The van der Waals surface area contributed by atoms with Gasteiger partial charge >= 0.3 is 0 Å². The van der Waals surface area contributed by atoms with Crippen molar-refractivity contribution in [2.45, 2.75) is 0 Å². The molecule has 4 nitrogen and oxygen atoms in total. The highest BCUT2D eigenvalue weighted by Gasteiger charge is 2.12. The van der Waals surface area contributed by atoms with Crippen LogP contribution >= 0.6 is 15.9 Å². The maximum atomic E-state index is 8.83. The fraction of sp³-hybridized carbons (Fsp3) is 0.100. The van der Waals surface area contributed by atoms with Crippen LogP contribution in [-0.4, -0.2) is 14.5 Å². The van der Waals surface area contributed by atoms with Gasteiger partial charge in [0.15, 0.2) is 5.69 Å². The van der Waals surface area contributed by atoms with Crippen molar-refractivity contribution in [3.63, 3.8) is 0 Å². The number of nitriles is 1. The van der Waals surface area contributed by atoms with Crippen LogP contribution in [0.15, 0.2) is 29.1 Å². The quantitative estimate of drug-likeness (QED) is 0.791. The first-order chi connectivity index (χ1) is 7.24. The maximum Gasteiger partial charge on any atom is 0.173 e. The second-order valence-electron chi connectivity index (χ2n) is 2.98. The molecule has 0 aliphatic rings. The summed E-state index contributed by atoms with van der Waals surface area (Å²) in [6, 6.07) is 5.75. The molecule has 0 atom stereocenters. The van der Waals surface area contributed by atoms with Crippen LogP contribution in [0.5, 0.6) is 0 Å². The SMILES string of the molecule is Cn1c(-c2ccncc2)nc(C#N)c1Br. The fourth-order valence-electron chi connectivity index (χ4n) is 1.31. The molecule has 0 aromatic carbocycles. The van der Waals surface area contributed by atoms with Gasteiger partial charge in [0, 0.05) is 25.0 Å². The van der Waals surface area contributed by atoms with Gasteiger partial charge in [0.1, 0.15) is 16.5 Å². The number of pyridine rings is 1. The molecule has 0 aliphatic carbocycles. The Hall–Kier alpha value is -1.67. The molecule has 0 saturated heterocycles. The van der Waals surface area contributed by atoms with Gasteiger partial charge in [-0.1, -0.05) is 0 Å².